The molecule has 0 aromatic heterocycles. The van der Waals surface area contributed by atoms with Crippen molar-refractivity contribution < 1.29 is 0 Å². The number of benzene rings is 1. The molecular formula is C33H32S. The first-order valence-electron chi connectivity index (χ1n) is 12.7. The predicted molar refractivity (Wildman–Crippen MR) is 147 cm³/mol. The Morgan fingerprint density at radius 1 is 1.15 bits per heavy atom. The van der Waals surface area contributed by atoms with Crippen LogP contribution in [0.15, 0.2) is 130 Å². The standard InChI is InChI=1S/C33H32S/c1-3-21-12-14-24-10-7-11-28-29(19-22(4-2)32(21)33(24)28)27-16-17-31(34)30(20-27)26-15-13-23-8-5-6-9-25(23)18-26/h3-4,6-7,9-14,16-18,20,26,28-29,33-34H,1,5,8,15,19H2,2H3/b22-4-. The van der Waals surface area contributed by atoms with Gasteiger partial charge >= 0.3 is 0 Å². The molecule has 4 atom stereocenters. The molecule has 0 nitrogen and oxygen atoms in total. The second kappa shape index (κ2) is 8.78. The first-order valence-corrected chi connectivity index (χ1v) is 13.1. The molecule has 0 amide bonds. The van der Waals surface area contributed by atoms with Crippen LogP contribution in [0.4, 0.5) is 0 Å². The lowest BCUT2D eigenvalue weighted by molar-refractivity contribution is 0.384. The highest BCUT2D eigenvalue weighted by atomic mass is 32.1. The normalized spacial score (nSPS) is 30.4. The van der Waals surface area contributed by atoms with Crippen molar-refractivity contribution in [2.75, 3.05) is 0 Å². The quantitative estimate of drug-likeness (QED) is 0.428. The highest BCUT2D eigenvalue weighted by Crippen LogP contribution is 2.54. The maximum Gasteiger partial charge on any atom is 0.0167 e. The summed E-state index contributed by atoms with van der Waals surface area (Å²) in [7, 11) is 0. The Hall–Kier alpha value is -2.77. The molecule has 5 aliphatic rings. The molecule has 0 N–H and O–H groups in total. The zero-order valence-electron chi connectivity index (χ0n) is 19.9. The third-order valence-corrected chi connectivity index (χ3v) is 8.80. The number of hydrogen-bond acceptors (Lipinski definition) is 1. The molecule has 5 aliphatic carbocycles. The van der Waals surface area contributed by atoms with E-state index in [1.54, 1.807) is 0 Å². The van der Waals surface area contributed by atoms with Crippen molar-refractivity contribution in [2.45, 2.75) is 49.3 Å². The number of thiol groups is 1. The summed E-state index contributed by atoms with van der Waals surface area (Å²) >= 11 is 4.91. The van der Waals surface area contributed by atoms with Gasteiger partial charge in [-0.05, 0) is 95.1 Å². The van der Waals surface area contributed by atoms with Gasteiger partial charge < -0.3 is 0 Å². The highest BCUT2D eigenvalue weighted by Gasteiger charge is 2.42. The van der Waals surface area contributed by atoms with Gasteiger partial charge in [0.1, 0.15) is 0 Å². The van der Waals surface area contributed by atoms with Crippen LogP contribution in [0.3, 0.4) is 0 Å². The first kappa shape index (κ1) is 21.7. The molecule has 1 saturated carbocycles. The number of allylic oxidation sites excluding steroid dienone is 17. The first-order chi connectivity index (χ1) is 16.7. The maximum atomic E-state index is 4.91. The lowest BCUT2D eigenvalue weighted by atomic mass is 9.59. The summed E-state index contributed by atoms with van der Waals surface area (Å²) < 4.78 is 0. The second-order valence-electron chi connectivity index (χ2n) is 10.1. The van der Waals surface area contributed by atoms with Crippen LogP contribution < -0.4 is 0 Å². The molecule has 1 fully saturated rings. The van der Waals surface area contributed by atoms with Gasteiger partial charge in [0.2, 0.25) is 0 Å². The van der Waals surface area contributed by atoms with E-state index in [1.807, 2.05) is 6.08 Å². The van der Waals surface area contributed by atoms with Crippen molar-refractivity contribution in [3.8, 4) is 0 Å². The van der Waals surface area contributed by atoms with Gasteiger partial charge in [-0.1, -0.05) is 85.5 Å². The zero-order valence-corrected chi connectivity index (χ0v) is 20.8. The molecule has 0 saturated heterocycles. The minimum Gasteiger partial charge on any atom is -0.143 e. The summed E-state index contributed by atoms with van der Waals surface area (Å²) in [6.07, 6.45) is 30.0. The van der Waals surface area contributed by atoms with E-state index in [-0.39, 0.29) is 0 Å². The summed E-state index contributed by atoms with van der Waals surface area (Å²) in [6, 6.07) is 7.04. The van der Waals surface area contributed by atoms with Crippen LogP contribution in [-0.4, -0.2) is 0 Å². The monoisotopic (exact) mass is 460 g/mol. The minimum atomic E-state index is 0.400. The van der Waals surface area contributed by atoms with Gasteiger partial charge in [0.25, 0.3) is 0 Å². The Labute approximate surface area is 209 Å². The molecule has 6 rings (SSSR count). The Balaban J connectivity index is 1.40. The van der Waals surface area contributed by atoms with E-state index in [2.05, 4.69) is 92.5 Å². The van der Waals surface area contributed by atoms with Crippen LogP contribution in [0, 0.1) is 11.8 Å². The summed E-state index contributed by atoms with van der Waals surface area (Å²) in [5.74, 6) is 1.75. The molecule has 0 radical (unpaired) electrons. The van der Waals surface area contributed by atoms with Crippen molar-refractivity contribution in [1.82, 2.24) is 0 Å². The lowest BCUT2D eigenvalue weighted by Crippen LogP contribution is -2.33. The molecule has 0 spiro atoms. The molecule has 0 bridgehead atoms. The van der Waals surface area contributed by atoms with Crippen molar-refractivity contribution in [1.29, 1.82) is 0 Å². The van der Waals surface area contributed by atoms with Crippen molar-refractivity contribution in [2.24, 2.45) is 11.8 Å². The molecular weight excluding hydrogens is 428 g/mol. The van der Waals surface area contributed by atoms with Gasteiger partial charge in [0, 0.05) is 16.7 Å². The van der Waals surface area contributed by atoms with Gasteiger partial charge in [-0.3, -0.25) is 0 Å². The number of hydrogen-bond donors (Lipinski definition) is 1. The summed E-state index contributed by atoms with van der Waals surface area (Å²) in [6.45, 7) is 6.31. The number of rotatable bonds is 3. The zero-order chi connectivity index (χ0) is 23.2. The molecule has 0 heterocycles. The summed E-state index contributed by atoms with van der Waals surface area (Å²) in [5, 5.41) is 0. The highest BCUT2D eigenvalue weighted by molar-refractivity contribution is 7.80. The summed E-state index contributed by atoms with van der Waals surface area (Å²) in [4.78, 5) is 1.11. The largest absolute Gasteiger partial charge is 0.143 e. The third-order valence-electron chi connectivity index (χ3n) is 8.39. The van der Waals surface area contributed by atoms with E-state index in [0.717, 1.165) is 17.7 Å². The lowest BCUT2D eigenvalue weighted by Gasteiger charge is -2.44. The van der Waals surface area contributed by atoms with Crippen LogP contribution >= 0.6 is 12.6 Å². The van der Waals surface area contributed by atoms with Crippen molar-refractivity contribution >= 4 is 12.6 Å². The molecule has 0 aliphatic heterocycles. The number of fused-ring (bicyclic) bond motifs is 1. The Kier molecular flexibility index (Phi) is 5.62. The van der Waals surface area contributed by atoms with Gasteiger partial charge in [-0.15, -0.1) is 12.6 Å². The Morgan fingerprint density at radius 2 is 2.06 bits per heavy atom. The third kappa shape index (κ3) is 3.53. The van der Waals surface area contributed by atoms with Gasteiger partial charge in [0.15, 0.2) is 0 Å². The second-order valence-corrected chi connectivity index (χ2v) is 10.6. The van der Waals surface area contributed by atoms with Crippen LogP contribution in [0.25, 0.3) is 0 Å². The minimum absolute atomic E-state index is 0.400. The van der Waals surface area contributed by atoms with Crippen LogP contribution in [0.1, 0.15) is 55.6 Å². The Morgan fingerprint density at radius 3 is 2.91 bits per heavy atom. The van der Waals surface area contributed by atoms with Crippen molar-refractivity contribution in [3.05, 3.63) is 136 Å². The van der Waals surface area contributed by atoms with E-state index in [1.165, 1.54) is 57.4 Å². The van der Waals surface area contributed by atoms with E-state index >= 15 is 0 Å². The van der Waals surface area contributed by atoms with Crippen LogP contribution in [0.2, 0.25) is 0 Å². The summed E-state index contributed by atoms with van der Waals surface area (Å²) in [5.41, 5.74) is 11.4. The molecule has 4 unspecified atom stereocenters. The van der Waals surface area contributed by atoms with E-state index in [9.17, 15) is 0 Å². The van der Waals surface area contributed by atoms with E-state index in [0.29, 0.717) is 23.7 Å². The van der Waals surface area contributed by atoms with Gasteiger partial charge in [-0.25, -0.2) is 0 Å². The van der Waals surface area contributed by atoms with Crippen molar-refractivity contribution in [3.63, 3.8) is 0 Å². The average molecular weight is 461 g/mol. The Bertz CT molecular complexity index is 1300. The predicted octanol–water partition coefficient (Wildman–Crippen LogP) is 8.88. The fraction of sp³-hybridized carbons (Fsp3) is 0.273. The van der Waals surface area contributed by atoms with E-state index < -0.39 is 0 Å². The molecule has 34 heavy (non-hydrogen) atoms. The topological polar surface area (TPSA) is 0 Å². The fourth-order valence-corrected chi connectivity index (χ4v) is 6.99. The SMILES string of the molecule is C=CC1=C2/C(=C\C)CC(c3ccc(S)c(C4C=C5C=CCCC5=CC4)c3)C3C=CC=C(C=C1)C23. The average Bonchev–Trinajstić information content (AvgIpc) is 2.89. The van der Waals surface area contributed by atoms with Crippen LogP contribution in [0.5, 0.6) is 0 Å². The fourth-order valence-electron chi connectivity index (χ4n) is 6.69. The molecule has 170 valence electrons. The van der Waals surface area contributed by atoms with Crippen LogP contribution in [-0.2, 0) is 0 Å². The molecule has 1 aromatic rings. The molecule has 1 heteroatoms. The molecule has 1 aromatic carbocycles. The van der Waals surface area contributed by atoms with Gasteiger partial charge in [-0.2, -0.15) is 0 Å². The maximum absolute atomic E-state index is 4.91. The smallest absolute Gasteiger partial charge is 0.0167 e. The van der Waals surface area contributed by atoms with E-state index in [4.69, 9.17) is 12.6 Å². The van der Waals surface area contributed by atoms with Gasteiger partial charge in [0.05, 0.1) is 0 Å².